The van der Waals surface area contributed by atoms with Crippen molar-refractivity contribution in [3.05, 3.63) is 36.7 Å². The van der Waals surface area contributed by atoms with E-state index in [1.165, 1.54) is 4.90 Å². The number of hydrogen-bond donors (Lipinski definition) is 1. The zero-order valence-electron chi connectivity index (χ0n) is 21.3. The first-order valence-corrected chi connectivity index (χ1v) is 12.7. The van der Waals surface area contributed by atoms with E-state index in [4.69, 9.17) is 19.2 Å². The van der Waals surface area contributed by atoms with Crippen LogP contribution in [0.25, 0.3) is 10.9 Å². The Labute approximate surface area is 216 Å². The zero-order chi connectivity index (χ0) is 25.6. The highest BCUT2D eigenvalue weighted by molar-refractivity contribution is 5.85. The van der Waals surface area contributed by atoms with Crippen LogP contribution in [0, 0.1) is 0 Å². The highest BCUT2D eigenvalue weighted by Gasteiger charge is 2.25. The number of amides is 1. The molecule has 1 aliphatic carbocycles. The molecule has 3 aromatic rings. The van der Waals surface area contributed by atoms with Gasteiger partial charge in [-0.15, -0.1) is 0 Å². The van der Waals surface area contributed by atoms with Crippen LogP contribution in [0.3, 0.4) is 0 Å². The predicted molar refractivity (Wildman–Crippen MR) is 139 cm³/mol. The third-order valence-electron chi connectivity index (χ3n) is 6.64. The minimum Gasteiger partial charge on any atom is -0.474 e. The van der Waals surface area contributed by atoms with Gasteiger partial charge in [-0.25, -0.2) is 4.98 Å². The fourth-order valence-electron chi connectivity index (χ4n) is 4.50. The van der Waals surface area contributed by atoms with E-state index in [1.807, 2.05) is 18.2 Å². The van der Waals surface area contributed by atoms with Gasteiger partial charge in [-0.1, -0.05) is 0 Å². The third kappa shape index (κ3) is 6.34. The third-order valence-corrected chi connectivity index (χ3v) is 6.64. The first-order chi connectivity index (χ1) is 18.0. The Kier molecular flexibility index (Phi) is 7.79. The van der Waals surface area contributed by atoms with E-state index in [0.29, 0.717) is 30.9 Å². The molecule has 196 valence electrons. The lowest BCUT2D eigenvalue weighted by atomic mass is 9.93. The standard InChI is InChI=1S/C26H33N7O4/c1-32(2)24(34)17-36-23-9-11-28-26(31-23)29-18-5-7-19(8-6-18)37-25-20-4-3-10-27-21(20)16-22(30-25)33-12-14-35-15-13-33/h3-4,9-11,16,18-19H,5-8,12-15,17H2,1-2H3,(H,28,29,31)/t18-,19+. The van der Waals surface area contributed by atoms with E-state index < -0.39 is 0 Å². The molecule has 0 spiro atoms. The van der Waals surface area contributed by atoms with Gasteiger partial charge in [0.2, 0.25) is 17.7 Å². The highest BCUT2D eigenvalue weighted by atomic mass is 16.5. The van der Waals surface area contributed by atoms with Gasteiger partial charge >= 0.3 is 0 Å². The van der Waals surface area contributed by atoms with Gasteiger partial charge in [0.1, 0.15) is 11.9 Å². The topological polar surface area (TPSA) is 115 Å². The van der Waals surface area contributed by atoms with Crippen molar-refractivity contribution in [2.45, 2.75) is 37.8 Å². The van der Waals surface area contributed by atoms with Gasteiger partial charge in [0.25, 0.3) is 5.91 Å². The second-order valence-corrected chi connectivity index (χ2v) is 9.49. The maximum atomic E-state index is 11.8. The fourth-order valence-corrected chi connectivity index (χ4v) is 4.50. The Morgan fingerprint density at radius 2 is 1.92 bits per heavy atom. The number of rotatable bonds is 8. The van der Waals surface area contributed by atoms with Crippen LogP contribution in [0.5, 0.6) is 11.8 Å². The van der Waals surface area contributed by atoms with E-state index in [0.717, 1.165) is 55.5 Å². The molecule has 0 aromatic carbocycles. The molecule has 3 aromatic heterocycles. The molecular formula is C26H33N7O4. The second-order valence-electron chi connectivity index (χ2n) is 9.49. The summed E-state index contributed by atoms with van der Waals surface area (Å²) in [7, 11) is 3.38. The van der Waals surface area contributed by atoms with E-state index in [-0.39, 0.29) is 24.7 Å². The van der Waals surface area contributed by atoms with Crippen molar-refractivity contribution < 1.29 is 19.0 Å². The molecule has 4 heterocycles. The number of likely N-dealkylation sites (N-methyl/N-ethyl adjacent to an activating group) is 1. The largest absolute Gasteiger partial charge is 0.474 e. The first kappa shape index (κ1) is 24.9. The zero-order valence-corrected chi connectivity index (χ0v) is 21.3. The summed E-state index contributed by atoms with van der Waals surface area (Å²) in [6, 6.07) is 7.84. The minimum absolute atomic E-state index is 0.0587. The van der Waals surface area contributed by atoms with Crippen molar-refractivity contribution in [2.75, 3.05) is 57.2 Å². The number of nitrogens with zero attached hydrogens (tertiary/aromatic N) is 6. The van der Waals surface area contributed by atoms with Crippen molar-refractivity contribution in [1.82, 2.24) is 24.8 Å². The molecule has 0 atom stereocenters. The molecule has 5 rings (SSSR count). The first-order valence-electron chi connectivity index (χ1n) is 12.7. The lowest BCUT2D eigenvalue weighted by Gasteiger charge is -2.31. The summed E-state index contributed by atoms with van der Waals surface area (Å²) in [6.07, 6.45) is 7.10. The molecule has 11 nitrogen and oxygen atoms in total. The van der Waals surface area contributed by atoms with Gasteiger partial charge in [-0.05, 0) is 37.8 Å². The summed E-state index contributed by atoms with van der Waals surface area (Å²) in [5.74, 6) is 2.27. The van der Waals surface area contributed by atoms with Crippen LogP contribution in [-0.2, 0) is 9.53 Å². The molecule has 2 aliphatic rings. The molecule has 1 aliphatic heterocycles. The Balaban J connectivity index is 1.19. The smallest absolute Gasteiger partial charge is 0.260 e. The number of anilines is 2. The maximum Gasteiger partial charge on any atom is 0.260 e. The molecule has 0 radical (unpaired) electrons. The number of nitrogens with one attached hydrogen (secondary N) is 1. The summed E-state index contributed by atoms with van der Waals surface area (Å²) in [6.45, 7) is 2.95. The van der Waals surface area contributed by atoms with Crippen molar-refractivity contribution in [2.24, 2.45) is 0 Å². The number of morpholine rings is 1. The van der Waals surface area contributed by atoms with Gasteiger partial charge in [-0.3, -0.25) is 9.78 Å². The Morgan fingerprint density at radius 3 is 2.70 bits per heavy atom. The van der Waals surface area contributed by atoms with Crippen LogP contribution in [0.4, 0.5) is 11.8 Å². The van der Waals surface area contributed by atoms with Crippen LogP contribution < -0.4 is 19.7 Å². The molecule has 1 N–H and O–H groups in total. The summed E-state index contributed by atoms with van der Waals surface area (Å²) in [5.41, 5.74) is 0.885. The van der Waals surface area contributed by atoms with Crippen LogP contribution >= 0.6 is 0 Å². The molecule has 2 fully saturated rings. The maximum absolute atomic E-state index is 11.8. The number of ether oxygens (including phenoxy) is 3. The lowest BCUT2D eigenvalue weighted by molar-refractivity contribution is -0.130. The fraction of sp³-hybridized carbons (Fsp3) is 0.500. The van der Waals surface area contributed by atoms with Crippen LogP contribution in [0.2, 0.25) is 0 Å². The average molecular weight is 508 g/mol. The number of fused-ring (bicyclic) bond motifs is 1. The molecule has 0 bridgehead atoms. The summed E-state index contributed by atoms with van der Waals surface area (Å²) in [4.78, 5) is 33.6. The quantitative estimate of drug-likeness (QED) is 0.488. The minimum atomic E-state index is -0.125. The van der Waals surface area contributed by atoms with Crippen LogP contribution in [-0.4, -0.2) is 89.9 Å². The Bertz CT molecular complexity index is 1210. The van der Waals surface area contributed by atoms with Gasteiger partial charge < -0.3 is 29.3 Å². The SMILES string of the molecule is CN(C)C(=O)COc1ccnc(N[C@H]2CC[C@@H](Oc3nc(N4CCOCC4)cc4ncccc34)CC2)n1. The van der Waals surface area contributed by atoms with Crippen LogP contribution in [0.1, 0.15) is 25.7 Å². The van der Waals surface area contributed by atoms with E-state index in [9.17, 15) is 4.79 Å². The normalized spacial score (nSPS) is 19.9. The molecule has 1 amide bonds. The molecule has 1 saturated heterocycles. The van der Waals surface area contributed by atoms with Crippen molar-refractivity contribution in [3.8, 4) is 11.8 Å². The molecule has 0 unspecified atom stereocenters. The van der Waals surface area contributed by atoms with E-state index in [1.54, 1.807) is 32.6 Å². The van der Waals surface area contributed by atoms with Gasteiger partial charge in [-0.2, -0.15) is 9.97 Å². The molecule has 11 heteroatoms. The monoisotopic (exact) mass is 507 g/mol. The van der Waals surface area contributed by atoms with Gasteiger partial charge in [0.05, 0.1) is 24.1 Å². The second kappa shape index (κ2) is 11.5. The van der Waals surface area contributed by atoms with E-state index in [2.05, 4.69) is 25.2 Å². The van der Waals surface area contributed by atoms with Crippen LogP contribution in [0.15, 0.2) is 36.7 Å². The summed E-state index contributed by atoms with van der Waals surface area (Å²) in [5, 5.41) is 4.33. The Morgan fingerprint density at radius 1 is 1.11 bits per heavy atom. The van der Waals surface area contributed by atoms with Crippen molar-refractivity contribution >= 4 is 28.6 Å². The lowest BCUT2D eigenvalue weighted by Crippen LogP contribution is -2.37. The molecule has 37 heavy (non-hydrogen) atoms. The predicted octanol–water partition coefficient (Wildman–Crippen LogP) is 2.53. The number of carbonyl (C=O) groups is 1. The highest BCUT2D eigenvalue weighted by Crippen LogP contribution is 2.31. The number of hydrogen-bond acceptors (Lipinski definition) is 10. The average Bonchev–Trinajstić information content (AvgIpc) is 2.93. The van der Waals surface area contributed by atoms with Crippen molar-refractivity contribution in [1.29, 1.82) is 0 Å². The molecule has 1 saturated carbocycles. The Hall–Kier alpha value is -3.73. The number of aromatic nitrogens is 4. The van der Waals surface area contributed by atoms with E-state index >= 15 is 0 Å². The number of pyridine rings is 2. The van der Waals surface area contributed by atoms with Crippen molar-refractivity contribution in [3.63, 3.8) is 0 Å². The molecular weight excluding hydrogens is 474 g/mol. The van der Waals surface area contributed by atoms with Gasteiger partial charge in [0.15, 0.2) is 6.61 Å². The van der Waals surface area contributed by atoms with Gasteiger partial charge in [0, 0.05) is 57.8 Å². The number of carbonyl (C=O) groups excluding carboxylic acids is 1. The summed E-state index contributed by atoms with van der Waals surface area (Å²) >= 11 is 0. The summed E-state index contributed by atoms with van der Waals surface area (Å²) < 4.78 is 17.5.